The summed E-state index contributed by atoms with van der Waals surface area (Å²) < 4.78 is 11.4. The van der Waals surface area contributed by atoms with Crippen molar-refractivity contribution in [1.29, 1.82) is 0 Å². The number of rotatable bonds is 1. The number of aliphatic hydroxyl groups is 1. The lowest BCUT2D eigenvalue weighted by atomic mass is 10.1. The molecule has 6 nitrogen and oxygen atoms in total. The van der Waals surface area contributed by atoms with Crippen molar-refractivity contribution >= 4 is 17.0 Å². The maximum Gasteiger partial charge on any atom is 0.172 e. The molecule has 128 valence electrons. The van der Waals surface area contributed by atoms with Gasteiger partial charge in [-0.15, -0.1) is 0 Å². The second-order valence-electron chi connectivity index (χ2n) is 6.38. The van der Waals surface area contributed by atoms with Gasteiger partial charge in [0.15, 0.2) is 11.5 Å². The fourth-order valence-corrected chi connectivity index (χ4v) is 2.89. The Hall–Kier alpha value is -3.12. The van der Waals surface area contributed by atoms with Crippen LogP contribution in [0, 0.1) is 0 Å². The molecule has 0 aliphatic carbocycles. The van der Waals surface area contributed by atoms with Gasteiger partial charge in [-0.1, -0.05) is 0 Å². The number of hydrogen-bond acceptors (Lipinski definition) is 6. The van der Waals surface area contributed by atoms with Crippen LogP contribution in [-0.4, -0.2) is 32.6 Å². The number of phenolic OH excluding ortho intramolecular Hbond substituents is 3. The third-order valence-corrected chi connectivity index (χ3v) is 4.08. The maximum atomic E-state index is 10.3. The van der Waals surface area contributed by atoms with Crippen molar-refractivity contribution in [2.24, 2.45) is 0 Å². The van der Waals surface area contributed by atoms with Crippen LogP contribution in [0.2, 0.25) is 0 Å². The molecule has 1 aliphatic rings. The molecule has 25 heavy (non-hydrogen) atoms. The summed E-state index contributed by atoms with van der Waals surface area (Å²) in [7, 11) is 0. The number of aromatic hydroxyl groups is 3. The van der Waals surface area contributed by atoms with E-state index in [4.69, 9.17) is 9.15 Å². The zero-order valence-corrected chi connectivity index (χ0v) is 13.4. The van der Waals surface area contributed by atoms with Crippen LogP contribution in [0.1, 0.15) is 12.5 Å². The summed E-state index contributed by atoms with van der Waals surface area (Å²) in [6, 6.07) is 7.36. The Morgan fingerprint density at radius 1 is 1.00 bits per heavy atom. The van der Waals surface area contributed by atoms with Crippen LogP contribution in [0.3, 0.4) is 0 Å². The Balaban J connectivity index is 1.94. The van der Waals surface area contributed by atoms with Gasteiger partial charge in [-0.2, -0.15) is 0 Å². The van der Waals surface area contributed by atoms with Crippen LogP contribution in [0.25, 0.3) is 28.4 Å². The molecule has 0 bridgehead atoms. The number of furan rings is 1. The van der Waals surface area contributed by atoms with Crippen LogP contribution < -0.4 is 4.74 Å². The maximum absolute atomic E-state index is 10.3. The summed E-state index contributed by atoms with van der Waals surface area (Å²) in [5, 5.41) is 40.4. The first-order valence-electron chi connectivity index (χ1n) is 7.70. The molecule has 6 heteroatoms. The van der Waals surface area contributed by atoms with Gasteiger partial charge in [0.1, 0.15) is 35.1 Å². The molecule has 0 amide bonds. The van der Waals surface area contributed by atoms with Gasteiger partial charge in [0.2, 0.25) is 0 Å². The SMILES string of the molecule is C[C@@]1(O)C=Cc2c(c(O)cc3cc(-c4cc(O)cc(O)c4)oc23)OC1. The number of phenols is 3. The predicted molar refractivity (Wildman–Crippen MR) is 91.8 cm³/mol. The third-order valence-electron chi connectivity index (χ3n) is 4.08. The highest BCUT2D eigenvalue weighted by molar-refractivity contribution is 5.94. The van der Waals surface area contributed by atoms with E-state index in [1.165, 1.54) is 24.3 Å². The molecular weight excluding hydrogens is 324 g/mol. The number of benzene rings is 2. The molecule has 1 aliphatic heterocycles. The van der Waals surface area contributed by atoms with Gasteiger partial charge in [-0.05, 0) is 43.3 Å². The zero-order chi connectivity index (χ0) is 17.8. The Morgan fingerprint density at radius 2 is 1.72 bits per heavy atom. The molecular formula is C19H16O6. The Kier molecular flexibility index (Phi) is 3.20. The molecule has 2 aromatic carbocycles. The summed E-state index contributed by atoms with van der Waals surface area (Å²) in [5.41, 5.74) is 0.319. The van der Waals surface area contributed by atoms with Crippen molar-refractivity contribution in [1.82, 2.24) is 0 Å². The number of ether oxygens (including phenoxy) is 1. The van der Waals surface area contributed by atoms with Crippen LogP contribution in [0.15, 0.2) is 40.8 Å². The van der Waals surface area contributed by atoms with E-state index < -0.39 is 5.60 Å². The van der Waals surface area contributed by atoms with Crippen molar-refractivity contribution in [3.8, 4) is 34.3 Å². The first-order chi connectivity index (χ1) is 11.8. The van der Waals surface area contributed by atoms with Gasteiger partial charge < -0.3 is 29.6 Å². The minimum atomic E-state index is -1.16. The average molecular weight is 340 g/mol. The van der Waals surface area contributed by atoms with Gasteiger partial charge in [-0.25, -0.2) is 0 Å². The molecule has 4 rings (SSSR count). The molecule has 0 saturated heterocycles. The van der Waals surface area contributed by atoms with Crippen LogP contribution in [0.4, 0.5) is 0 Å². The molecule has 0 fully saturated rings. The van der Waals surface area contributed by atoms with E-state index >= 15 is 0 Å². The van der Waals surface area contributed by atoms with E-state index in [9.17, 15) is 20.4 Å². The van der Waals surface area contributed by atoms with Gasteiger partial charge in [0.05, 0.1) is 5.56 Å². The van der Waals surface area contributed by atoms with Gasteiger partial charge >= 0.3 is 0 Å². The van der Waals surface area contributed by atoms with Crippen LogP contribution >= 0.6 is 0 Å². The Labute approximate surface area is 142 Å². The van der Waals surface area contributed by atoms with Crippen molar-refractivity contribution in [2.45, 2.75) is 12.5 Å². The van der Waals surface area contributed by atoms with Crippen molar-refractivity contribution in [2.75, 3.05) is 6.61 Å². The molecule has 0 spiro atoms. The minimum absolute atomic E-state index is 0.00353. The molecule has 2 heterocycles. The summed E-state index contributed by atoms with van der Waals surface area (Å²) in [5.74, 6) is 0.420. The molecule has 1 aromatic heterocycles. The van der Waals surface area contributed by atoms with E-state index in [2.05, 4.69) is 0 Å². The molecule has 0 unspecified atom stereocenters. The number of fused-ring (bicyclic) bond motifs is 3. The summed E-state index contributed by atoms with van der Waals surface area (Å²) in [6.07, 6.45) is 3.23. The topological polar surface area (TPSA) is 103 Å². The average Bonchev–Trinajstić information content (AvgIpc) is 2.86. The Bertz CT molecular complexity index is 992. The van der Waals surface area contributed by atoms with E-state index in [0.29, 0.717) is 27.9 Å². The van der Waals surface area contributed by atoms with Gasteiger partial charge in [0, 0.05) is 17.0 Å². The van der Waals surface area contributed by atoms with E-state index in [-0.39, 0.29) is 29.6 Å². The number of hydrogen-bond donors (Lipinski definition) is 4. The zero-order valence-electron chi connectivity index (χ0n) is 13.4. The largest absolute Gasteiger partial charge is 0.508 e. The highest BCUT2D eigenvalue weighted by Gasteiger charge is 2.26. The smallest absolute Gasteiger partial charge is 0.172 e. The third kappa shape index (κ3) is 2.66. The predicted octanol–water partition coefficient (Wildman–Crippen LogP) is 3.37. The lowest BCUT2D eigenvalue weighted by molar-refractivity contribution is 0.0556. The van der Waals surface area contributed by atoms with Crippen LogP contribution in [-0.2, 0) is 0 Å². The van der Waals surface area contributed by atoms with Crippen molar-refractivity contribution in [3.63, 3.8) is 0 Å². The first kappa shape index (κ1) is 15.4. The molecule has 4 N–H and O–H groups in total. The highest BCUT2D eigenvalue weighted by Crippen LogP contribution is 2.43. The van der Waals surface area contributed by atoms with Crippen molar-refractivity contribution in [3.05, 3.63) is 42.0 Å². The van der Waals surface area contributed by atoms with Crippen LogP contribution in [0.5, 0.6) is 23.0 Å². The monoisotopic (exact) mass is 340 g/mol. The van der Waals surface area contributed by atoms with Gasteiger partial charge in [-0.3, -0.25) is 0 Å². The Morgan fingerprint density at radius 3 is 2.44 bits per heavy atom. The highest BCUT2D eigenvalue weighted by atomic mass is 16.5. The standard InChI is InChI=1S/C19H16O6/c1-19(23)3-2-14-17-11(6-15(22)18(14)24-9-19)7-16(25-17)10-4-12(20)8-13(21)5-10/h2-8,20-23H,9H2,1H3/t19-/m1/s1. The van der Waals surface area contributed by atoms with E-state index in [1.807, 2.05) is 0 Å². The normalized spacial score (nSPS) is 19.4. The fourth-order valence-electron chi connectivity index (χ4n) is 2.89. The summed E-state index contributed by atoms with van der Waals surface area (Å²) in [6.45, 7) is 1.61. The molecule has 1 atom stereocenters. The lowest BCUT2D eigenvalue weighted by Gasteiger charge is -2.17. The second kappa shape index (κ2) is 5.19. The molecule has 3 aromatic rings. The molecule has 0 radical (unpaired) electrons. The molecule has 0 saturated carbocycles. The summed E-state index contributed by atoms with van der Waals surface area (Å²) >= 11 is 0. The quantitative estimate of drug-likeness (QED) is 0.541. The van der Waals surface area contributed by atoms with Gasteiger partial charge in [0.25, 0.3) is 0 Å². The fraction of sp³-hybridized carbons (Fsp3) is 0.158. The van der Waals surface area contributed by atoms with Crippen molar-refractivity contribution < 1.29 is 29.6 Å². The second-order valence-corrected chi connectivity index (χ2v) is 6.38. The minimum Gasteiger partial charge on any atom is -0.508 e. The van der Waals surface area contributed by atoms with E-state index in [1.54, 1.807) is 25.1 Å². The summed E-state index contributed by atoms with van der Waals surface area (Å²) in [4.78, 5) is 0. The lowest BCUT2D eigenvalue weighted by Crippen LogP contribution is -2.28. The first-order valence-corrected chi connectivity index (χ1v) is 7.70. The van der Waals surface area contributed by atoms with E-state index in [0.717, 1.165) is 0 Å².